The lowest BCUT2D eigenvalue weighted by molar-refractivity contribution is 0.241. The fraction of sp³-hybridized carbons (Fsp3) is 0.429. The van der Waals surface area contributed by atoms with Crippen LogP contribution < -0.4 is 10.5 Å². The zero-order valence-electron chi connectivity index (χ0n) is 11.7. The fourth-order valence-electron chi connectivity index (χ4n) is 1.80. The number of ether oxygens (including phenoxy) is 1. The molecule has 102 valence electrons. The van der Waals surface area contributed by atoms with Gasteiger partial charge in [0.2, 0.25) is 11.7 Å². The highest BCUT2D eigenvalue weighted by Gasteiger charge is 2.17. The molecule has 0 bridgehead atoms. The highest BCUT2D eigenvalue weighted by Crippen LogP contribution is 2.33. The molecule has 0 aliphatic heterocycles. The number of benzene rings is 1. The Morgan fingerprint density at radius 2 is 2.05 bits per heavy atom. The molecule has 0 fully saturated rings. The molecule has 1 aromatic carbocycles. The van der Waals surface area contributed by atoms with Crippen LogP contribution in [0.15, 0.2) is 16.7 Å². The number of hydrogen-bond acceptors (Lipinski definition) is 5. The molecule has 2 rings (SSSR count). The van der Waals surface area contributed by atoms with Crippen LogP contribution in [-0.2, 0) is 6.54 Å². The second-order valence-electron chi connectivity index (χ2n) is 4.77. The van der Waals surface area contributed by atoms with Gasteiger partial charge < -0.3 is 15.0 Å². The zero-order chi connectivity index (χ0) is 14.0. The summed E-state index contributed by atoms with van der Waals surface area (Å²) in [5.41, 5.74) is 8.58. The molecule has 19 heavy (non-hydrogen) atoms. The van der Waals surface area contributed by atoms with E-state index in [1.807, 2.05) is 39.8 Å². The molecule has 0 radical (unpaired) electrons. The summed E-state index contributed by atoms with van der Waals surface area (Å²) in [5, 5.41) is 3.95. The minimum atomic E-state index is 0.0835. The van der Waals surface area contributed by atoms with Crippen molar-refractivity contribution in [1.82, 2.24) is 10.1 Å². The molecule has 5 heteroatoms. The van der Waals surface area contributed by atoms with Crippen LogP contribution in [-0.4, -0.2) is 16.2 Å². The molecule has 0 atom stereocenters. The summed E-state index contributed by atoms with van der Waals surface area (Å²) in [5.74, 6) is 1.74. The first-order chi connectivity index (χ1) is 9.02. The van der Waals surface area contributed by atoms with E-state index in [2.05, 4.69) is 10.1 Å². The number of aryl methyl sites for hydroxylation is 1. The highest BCUT2D eigenvalue weighted by atomic mass is 16.5. The Morgan fingerprint density at radius 1 is 1.32 bits per heavy atom. The molecule has 0 saturated carbocycles. The SMILES string of the molecule is Cc1ccc(-c2noc(CN)n2)c(OC(C)C)c1C. The third-order valence-electron chi connectivity index (χ3n) is 2.91. The molecule has 0 amide bonds. The van der Waals surface area contributed by atoms with Crippen LogP contribution in [0, 0.1) is 13.8 Å². The van der Waals surface area contributed by atoms with Crippen LogP contribution in [0.5, 0.6) is 5.75 Å². The second-order valence-corrected chi connectivity index (χ2v) is 4.77. The number of hydrogen-bond donors (Lipinski definition) is 1. The third-order valence-corrected chi connectivity index (χ3v) is 2.91. The highest BCUT2D eigenvalue weighted by molar-refractivity contribution is 5.67. The van der Waals surface area contributed by atoms with E-state index < -0.39 is 0 Å². The lowest BCUT2D eigenvalue weighted by Crippen LogP contribution is -2.08. The number of aromatic nitrogens is 2. The minimum absolute atomic E-state index is 0.0835. The van der Waals surface area contributed by atoms with Crippen molar-refractivity contribution in [3.05, 3.63) is 29.2 Å². The molecule has 0 aliphatic carbocycles. The van der Waals surface area contributed by atoms with Gasteiger partial charge in [0.25, 0.3) is 0 Å². The normalized spacial score (nSPS) is 11.1. The average Bonchev–Trinajstić information content (AvgIpc) is 2.83. The maximum absolute atomic E-state index is 5.90. The van der Waals surface area contributed by atoms with Crippen molar-refractivity contribution in [2.45, 2.75) is 40.3 Å². The van der Waals surface area contributed by atoms with E-state index in [9.17, 15) is 0 Å². The van der Waals surface area contributed by atoms with Crippen LogP contribution in [0.3, 0.4) is 0 Å². The summed E-state index contributed by atoms with van der Waals surface area (Å²) in [6.45, 7) is 8.30. The van der Waals surface area contributed by atoms with Crippen molar-refractivity contribution < 1.29 is 9.26 Å². The standard InChI is InChI=1S/C14H19N3O2/c1-8(2)18-13-10(4)9(3)5-6-11(13)14-16-12(7-15)19-17-14/h5-6,8H,7,15H2,1-4H3. The molecule has 0 saturated heterocycles. The molecule has 0 unspecified atom stereocenters. The number of nitrogens with two attached hydrogens (primary N) is 1. The van der Waals surface area contributed by atoms with Crippen LogP contribution in [0.25, 0.3) is 11.4 Å². The maximum Gasteiger partial charge on any atom is 0.240 e. The molecular weight excluding hydrogens is 242 g/mol. The smallest absolute Gasteiger partial charge is 0.240 e. The van der Waals surface area contributed by atoms with E-state index in [-0.39, 0.29) is 12.6 Å². The molecule has 1 heterocycles. The Bertz CT molecular complexity index is 576. The van der Waals surface area contributed by atoms with Gasteiger partial charge in [-0.3, -0.25) is 0 Å². The van der Waals surface area contributed by atoms with Crippen molar-refractivity contribution in [3.63, 3.8) is 0 Å². The molecule has 0 spiro atoms. The van der Waals surface area contributed by atoms with Gasteiger partial charge in [-0.25, -0.2) is 0 Å². The summed E-state index contributed by atoms with van der Waals surface area (Å²) in [6, 6.07) is 3.97. The molecule has 0 aliphatic rings. The molecule has 5 nitrogen and oxygen atoms in total. The van der Waals surface area contributed by atoms with E-state index in [1.165, 1.54) is 5.56 Å². The second kappa shape index (κ2) is 5.40. The Morgan fingerprint density at radius 3 is 2.63 bits per heavy atom. The summed E-state index contributed by atoms with van der Waals surface area (Å²) in [6.07, 6.45) is 0.0835. The van der Waals surface area contributed by atoms with Crippen molar-refractivity contribution in [2.24, 2.45) is 5.73 Å². The monoisotopic (exact) mass is 261 g/mol. The topological polar surface area (TPSA) is 74.2 Å². The number of nitrogens with zero attached hydrogens (tertiary/aromatic N) is 2. The molecule has 2 N–H and O–H groups in total. The van der Waals surface area contributed by atoms with Gasteiger partial charge in [-0.05, 0) is 44.9 Å². The van der Waals surface area contributed by atoms with Crippen molar-refractivity contribution in [2.75, 3.05) is 0 Å². The van der Waals surface area contributed by atoms with Gasteiger partial charge in [-0.2, -0.15) is 4.98 Å². The first-order valence-corrected chi connectivity index (χ1v) is 6.32. The van der Waals surface area contributed by atoms with Gasteiger partial charge in [0.1, 0.15) is 5.75 Å². The fourth-order valence-corrected chi connectivity index (χ4v) is 1.80. The predicted molar refractivity (Wildman–Crippen MR) is 72.9 cm³/mol. The Labute approximate surface area is 112 Å². The third kappa shape index (κ3) is 2.76. The summed E-state index contributed by atoms with van der Waals surface area (Å²) in [7, 11) is 0. The quantitative estimate of drug-likeness (QED) is 0.915. The van der Waals surface area contributed by atoms with Crippen molar-refractivity contribution in [3.8, 4) is 17.1 Å². The largest absolute Gasteiger partial charge is 0.490 e. The Balaban J connectivity index is 2.52. The van der Waals surface area contributed by atoms with Crippen LogP contribution in [0.1, 0.15) is 30.9 Å². The van der Waals surface area contributed by atoms with E-state index >= 15 is 0 Å². The molecular formula is C14H19N3O2. The summed E-state index contributed by atoms with van der Waals surface area (Å²) in [4.78, 5) is 4.25. The Hall–Kier alpha value is -1.88. The zero-order valence-corrected chi connectivity index (χ0v) is 11.7. The van der Waals surface area contributed by atoms with Crippen LogP contribution in [0.4, 0.5) is 0 Å². The first kappa shape index (κ1) is 13.5. The Kier molecular flexibility index (Phi) is 3.85. The summed E-state index contributed by atoms with van der Waals surface area (Å²) >= 11 is 0. The van der Waals surface area contributed by atoms with Crippen LogP contribution in [0.2, 0.25) is 0 Å². The van der Waals surface area contributed by atoms with E-state index in [0.29, 0.717) is 11.7 Å². The van der Waals surface area contributed by atoms with E-state index in [0.717, 1.165) is 16.9 Å². The molecule has 1 aromatic heterocycles. The summed E-state index contributed by atoms with van der Waals surface area (Å²) < 4.78 is 11.0. The van der Waals surface area contributed by atoms with Crippen LogP contribution >= 0.6 is 0 Å². The van der Waals surface area contributed by atoms with Crippen molar-refractivity contribution in [1.29, 1.82) is 0 Å². The number of rotatable bonds is 4. The van der Waals surface area contributed by atoms with Gasteiger partial charge >= 0.3 is 0 Å². The predicted octanol–water partition coefficient (Wildman–Crippen LogP) is 2.60. The lowest BCUT2D eigenvalue weighted by atomic mass is 10.0. The van der Waals surface area contributed by atoms with E-state index in [4.69, 9.17) is 15.0 Å². The van der Waals surface area contributed by atoms with E-state index in [1.54, 1.807) is 0 Å². The van der Waals surface area contributed by atoms with Gasteiger partial charge in [0.15, 0.2) is 0 Å². The van der Waals surface area contributed by atoms with Gasteiger partial charge in [0, 0.05) is 0 Å². The van der Waals surface area contributed by atoms with Gasteiger partial charge in [0.05, 0.1) is 18.2 Å². The van der Waals surface area contributed by atoms with Gasteiger partial charge in [-0.15, -0.1) is 0 Å². The average molecular weight is 261 g/mol. The van der Waals surface area contributed by atoms with Crippen molar-refractivity contribution >= 4 is 0 Å². The lowest BCUT2D eigenvalue weighted by Gasteiger charge is -2.16. The minimum Gasteiger partial charge on any atom is -0.490 e. The molecule has 2 aromatic rings. The first-order valence-electron chi connectivity index (χ1n) is 6.32. The maximum atomic E-state index is 5.90. The van der Waals surface area contributed by atoms with Gasteiger partial charge in [-0.1, -0.05) is 11.2 Å².